The van der Waals surface area contributed by atoms with Crippen molar-refractivity contribution in [3.63, 3.8) is 0 Å². The molecule has 0 nitrogen and oxygen atoms in total. The van der Waals surface area contributed by atoms with Gasteiger partial charge in [-0.05, 0) is 35.4 Å². The molecule has 0 atom stereocenters. The van der Waals surface area contributed by atoms with Gasteiger partial charge in [0, 0.05) is 0 Å². The SMILES string of the molecule is CCc1cc(CC)pc(CC)c1. The van der Waals surface area contributed by atoms with E-state index in [1.54, 1.807) is 10.6 Å². The fourth-order valence-corrected chi connectivity index (χ4v) is 2.43. The zero-order valence-electron chi connectivity index (χ0n) is 8.22. The summed E-state index contributed by atoms with van der Waals surface area (Å²) < 4.78 is 0. The lowest BCUT2D eigenvalue weighted by molar-refractivity contribution is 1.09. The predicted octanol–water partition coefficient (Wildman–Crippen LogP) is 3.95. The predicted molar refractivity (Wildman–Crippen MR) is 57.1 cm³/mol. The lowest BCUT2D eigenvalue weighted by atomic mass is 10.2. The summed E-state index contributed by atoms with van der Waals surface area (Å²) in [5.41, 5.74) is 1.50. The molecule has 0 saturated heterocycles. The van der Waals surface area contributed by atoms with E-state index in [9.17, 15) is 0 Å². The van der Waals surface area contributed by atoms with Crippen molar-refractivity contribution in [2.45, 2.75) is 40.0 Å². The van der Waals surface area contributed by atoms with Crippen LogP contribution in [0.3, 0.4) is 0 Å². The van der Waals surface area contributed by atoms with Crippen molar-refractivity contribution in [3.05, 3.63) is 28.3 Å². The molecule has 1 heterocycles. The molecule has 12 heavy (non-hydrogen) atoms. The Morgan fingerprint density at radius 2 is 1.42 bits per heavy atom. The van der Waals surface area contributed by atoms with Gasteiger partial charge in [-0.3, -0.25) is 0 Å². The quantitative estimate of drug-likeness (QED) is 0.660. The number of aryl methyl sites for hydroxylation is 3. The summed E-state index contributed by atoms with van der Waals surface area (Å²) in [6.45, 7) is 6.71. The minimum Gasteiger partial charge on any atom is -0.0694 e. The van der Waals surface area contributed by atoms with Crippen molar-refractivity contribution in [2.75, 3.05) is 0 Å². The Bertz CT molecular complexity index is 198. The van der Waals surface area contributed by atoms with Crippen molar-refractivity contribution < 1.29 is 0 Å². The highest BCUT2D eigenvalue weighted by molar-refractivity contribution is 7.31. The maximum absolute atomic E-state index is 2.36. The van der Waals surface area contributed by atoms with Crippen molar-refractivity contribution in [1.29, 1.82) is 0 Å². The van der Waals surface area contributed by atoms with Crippen molar-refractivity contribution in [3.8, 4) is 0 Å². The van der Waals surface area contributed by atoms with Gasteiger partial charge in [0.2, 0.25) is 0 Å². The Hall–Kier alpha value is -0.350. The van der Waals surface area contributed by atoms with E-state index in [1.165, 1.54) is 33.0 Å². The summed E-state index contributed by atoms with van der Waals surface area (Å²) in [5.74, 6) is 0. The summed E-state index contributed by atoms with van der Waals surface area (Å²) in [6.07, 6.45) is 3.56. The van der Waals surface area contributed by atoms with Crippen LogP contribution in [0.1, 0.15) is 36.9 Å². The minimum atomic E-state index is 1.17. The minimum absolute atomic E-state index is 1.17. The molecule has 1 aromatic heterocycles. The maximum atomic E-state index is 2.36. The van der Waals surface area contributed by atoms with Crippen LogP contribution >= 0.6 is 8.19 Å². The van der Waals surface area contributed by atoms with E-state index in [-0.39, 0.29) is 0 Å². The molecule has 0 spiro atoms. The Labute approximate surface area is 77.1 Å². The van der Waals surface area contributed by atoms with Crippen LogP contribution < -0.4 is 0 Å². The van der Waals surface area contributed by atoms with Crippen LogP contribution in [0.15, 0.2) is 12.1 Å². The number of rotatable bonds is 3. The van der Waals surface area contributed by atoms with Crippen LogP contribution in [0, 0.1) is 0 Å². The molecule has 0 aliphatic carbocycles. The maximum Gasteiger partial charge on any atom is -0.0204 e. The van der Waals surface area contributed by atoms with E-state index in [0.717, 1.165) is 0 Å². The number of hydrogen-bond donors (Lipinski definition) is 0. The van der Waals surface area contributed by atoms with Crippen molar-refractivity contribution in [1.82, 2.24) is 0 Å². The molecule has 1 rings (SSSR count). The zero-order valence-corrected chi connectivity index (χ0v) is 9.12. The van der Waals surface area contributed by atoms with Gasteiger partial charge in [0.05, 0.1) is 0 Å². The fraction of sp³-hybridized carbons (Fsp3) is 0.545. The molecule has 0 saturated carbocycles. The molecular formula is C11H17P. The van der Waals surface area contributed by atoms with Gasteiger partial charge < -0.3 is 0 Å². The molecule has 0 radical (unpaired) electrons. The van der Waals surface area contributed by atoms with Crippen LogP contribution in [0.25, 0.3) is 0 Å². The highest BCUT2D eigenvalue weighted by atomic mass is 31.0. The molecule has 0 aliphatic rings. The van der Waals surface area contributed by atoms with Gasteiger partial charge in [-0.2, -0.15) is 0 Å². The molecule has 0 bridgehead atoms. The molecule has 0 amide bonds. The van der Waals surface area contributed by atoms with Gasteiger partial charge in [-0.25, -0.2) is 0 Å². The molecule has 0 unspecified atom stereocenters. The highest BCUT2D eigenvalue weighted by Crippen LogP contribution is 2.23. The Kier molecular flexibility index (Phi) is 3.75. The van der Waals surface area contributed by atoms with Crippen LogP contribution in [0.5, 0.6) is 0 Å². The lowest BCUT2D eigenvalue weighted by Crippen LogP contribution is -1.85. The molecule has 0 aromatic carbocycles. The average Bonchev–Trinajstić information content (AvgIpc) is 2.16. The average molecular weight is 180 g/mol. The summed E-state index contributed by atoms with van der Waals surface area (Å²) in [6, 6.07) is 4.72. The third-order valence-electron chi connectivity index (χ3n) is 2.12. The second kappa shape index (κ2) is 4.62. The normalized spacial score (nSPS) is 10.2. The molecule has 0 fully saturated rings. The molecule has 0 N–H and O–H groups in total. The smallest absolute Gasteiger partial charge is 0.0204 e. The first-order valence-corrected chi connectivity index (χ1v) is 5.68. The zero-order chi connectivity index (χ0) is 8.97. The van der Waals surface area contributed by atoms with E-state index < -0.39 is 0 Å². The van der Waals surface area contributed by atoms with Crippen LogP contribution in [0.2, 0.25) is 0 Å². The van der Waals surface area contributed by atoms with E-state index in [0.29, 0.717) is 0 Å². The van der Waals surface area contributed by atoms with Gasteiger partial charge in [-0.15, -0.1) is 0 Å². The largest absolute Gasteiger partial charge is 0.0694 e. The summed E-state index contributed by atoms with van der Waals surface area (Å²) in [7, 11) is 1.46. The van der Waals surface area contributed by atoms with Crippen LogP contribution in [0.4, 0.5) is 0 Å². The Balaban J connectivity index is 3.01. The molecular weight excluding hydrogens is 163 g/mol. The lowest BCUT2D eigenvalue weighted by Gasteiger charge is -2.04. The summed E-state index contributed by atoms with van der Waals surface area (Å²) in [5, 5.41) is 3.15. The van der Waals surface area contributed by atoms with E-state index in [4.69, 9.17) is 0 Å². The standard InChI is InChI=1S/C11H17P/c1-4-9-7-10(5-2)12-11(6-3)8-9/h7-8H,4-6H2,1-3H3. The molecule has 0 aliphatic heterocycles. The van der Waals surface area contributed by atoms with Gasteiger partial charge in [0.25, 0.3) is 0 Å². The third kappa shape index (κ3) is 2.32. The van der Waals surface area contributed by atoms with Crippen LogP contribution in [-0.2, 0) is 19.3 Å². The van der Waals surface area contributed by atoms with E-state index >= 15 is 0 Å². The monoisotopic (exact) mass is 180 g/mol. The number of hydrogen-bond acceptors (Lipinski definition) is 0. The Morgan fingerprint density at radius 3 is 1.75 bits per heavy atom. The molecule has 1 heteroatoms. The highest BCUT2D eigenvalue weighted by Gasteiger charge is 1.97. The van der Waals surface area contributed by atoms with Gasteiger partial charge in [-0.1, -0.05) is 41.1 Å². The van der Waals surface area contributed by atoms with Gasteiger partial charge in [0.15, 0.2) is 0 Å². The molecule has 66 valence electrons. The van der Waals surface area contributed by atoms with E-state index in [2.05, 4.69) is 32.9 Å². The fourth-order valence-electron chi connectivity index (χ4n) is 1.29. The van der Waals surface area contributed by atoms with Crippen molar-refractivity contribution in [2.24, 2.45) is 0 Å². The van der Waals surface area contributed by atoms with Gasteiger partial charge in [0.1, 0.15) is 0 Å². The first kappa shape index (κ1) is 9.74. The van der Waals surface area contributed by atoms with Gasteiger partial charge >= 0.3 is 0 Å². The van der Waals surface area contributed by atoms with E-state index in [1.807, 2.05) is 0 Å². The second-order valence-electron chi connectivity index (χ2n) is 3.02. The second-order valence-corrected chi connectivity index (χ2v) is 4.39. The topological polar surface area (TPSA) is 0 Å². The van der Waals surface area contributed by atoms with Crippen molar-refractivity contribution >= 4 is 8.19 Å². The first-order valence-electron chi connectivity index (χ1n) is 4.78. The summed E-state index contributed by atoms with van der Waals surface area (Å²) in [4.78, 5) is 0. The third-order valence-corrected chi connectivity index (χ3v) is 3.59. The first-order chi connectivity index (χ1) is 5.80. The van der Waals surface area contributed by atoms with Crippen LogP contribution in [-0.4, -0.2) is 0 Å². The Morgan fingerprint density at radius 1 is 0.917 bits per heavy atom. The summed E-state index contributed by atoms with van der Waals surface area (Å²) >= 11 is 0. The molecule has 1 aromatic rings.